The molecule has 168 valence electrons. The molecule has 0 radical (unpaired) electrons. The Kier molecular flexibility index (Phi) is 4.84. The Balaban J connectivity index is 1.78. The summed E-state index contributed by atoms with van der Waals surface area (Å²) in [5, 5.41) is 0. The molecule has 0 aliphatic carbocycles. The van der Waals surface area contributed by atoms with Crippen molar-refractivity contribution in [1.82, 2.24) is 4.98 Å². The van der Waals surface area contributed by atoms with Gasteiger partial charge < -0.3 is 9.88 Å². The summed E-state index contributed by atoms with van der Waals surface area (Å²) in [5.74, 6) is -0.964. The molecule has 0 fully saturated rings. The van der Waals surface area contributed by atoms with E-state index in [-0.39, 0.29) is 23.5 Å². The number of anilines is 3. The number of benzene rings is 2. The summed E-state index contributed by atoms with van der Waals surface area (Å²) in [6.45, 7) is -0.106. The van der Waals surface area contributed by atoms with Gasteiger partial charge in [-0.1, -0.05) is 12.2 Å². The average Bonchev–Trinajstić information content (AvgIpc) is 2.79. The SMILES string of the molecule is O=C1c2ccc(C(F)(F)F)cc2N2CN1c1ccc(=O)[nH]c1C/C=C\Cc1cc(F)ccc12. The highest BCUT2D eigenvalue weighted by Crippen LogP contribution is 2.41. The summed E-state index contributed by atoms with van der Waals surface area (Å²) in [5.41, 5.74) is 0.950. The highest BCUT2D eigenvalue weighted by molar-refractivity contribution is 6.13. The van der Waals surface area contributed by atoms with Crippen molar-refractivity contribution in [2.45, 2.75) is 19.0 Å². The number of amides is 1. The molecular weight excluding hydrogens is 438 g/mol. The van der Waals surface area contributed by atoms with Gasteiger partial charge in [-0.15, -0.1) is 0 Å². The van der Waals surface area contributed by atoms with Crippen LogP contribution in [0.1, 0.15) is 27.2 Å². The largest absolute Gasteiger partial charge is 0.416 e. The number of allylic oxidation sites excluding steroid dienone is 2. The number of carbonyl (C=O) groups is 1. The Morgan fingerprint density at radius 2 is 1.58 bits per heavy atom. The number of pyridine rings is 1. The second kappa shape index (κ2) is 7.61. The zero-order valence-electron chi connectivity index (χ0n) is 17.1. The highest BCUT2D eigenvalue weighted by atomic mass is 19.4. The minimum absolute atomic E-state index is 0.0777. The van der Waals surface area contributed by atoms with E-state index in [2.05, 4.69) is 4.98 Å². The van der Waals surface area contributed by atoms with Gasteiger partial charge in [-0.25, -0.2) is 4.39 Å². The van der Waals surface area contributed by atoms with Gasteiger partial charge in [0.15, 0.2) is 0 Å². The summed E-state index contributed by atoms with van der Waals surface area (Å²) in [4.78, 5) is 31.1. The summed E-state index contributed by atoms with van der Waals surface area (Å²) < 4.78 is 54.5. The Labute approximate surface area is 185 Å². The van der Waals surface area contributed by atoms with Crippen molar-refractivity contribution in [3.63, 3.8) is 0 Å². The van der Waals surface area contributed by atoms with Crippen LogP contribution in [0.25, 0.3) is 0 Å². The number of H-pyrrole nitrogens is 1. The van der Waals surface area contributed by atoms with Gasteiger partial charge in [-0.2, -0.15) is 13.2 Å². The van der Waals surface area contributed by atoms with Crippen molar-refractivity contribution in [2.75, 3.05) is 16.5 Å². The summed E-state index contributed by atoms with van der Waals surface area (Å²) in [7, 11) is 0. The lowest BCUT2D eigenvalue weighted by atomic mass is 10.0. The number of halogens is 4. The Bertz CT molecular complexity index is 1360. The van der Waals surface area contributed by atoms with Gasteiger partial charge in [0.05, 0.1) is 22.5 Å². The van der Waals surface area contributed by atoms with E-state index in [9.17, 15) is 27.2 Å². The number of hydrogen-bond donors (Lipinski definition) is 1. The van der Waals surface area contributed by atoms with Crippen LogP contribution in [0, 0.1) is 5.82 Å². The standard InChI is InChI=1S/C24H17F4N3O2/c25-16-6-8-19-14(11-16)3-1-2-4-18-20(9-10-22(32)29-18)31-13-30(19)21-12-15(24(26,27)28)5-7-17(21)23(31)33/h1-2,5-12H,3-4,13H2,(H,29,32)/b2-1-. The molecule has 2 aliphatic rings. The Hall–Kier alpha value is -3.88. The molecule has 1 amide bonds. The molecular formula is C24H17F4N3O2. The van der Waals surface area contributed by atoms with Crippen LogP contribution >= 0.6 is 0 Å². The third kappa shape index (κ3) is 3.69. The lowest BCUT2D eigenvalue weighted by Crippen LogP contribution is -2.46. The molecule has 0 saturated heterocycles. The van der Waals surface area contributed by atoms with Crippen molar-refractivity contribution in [3.05, 3.63) is 99.2 Å². The maximum atomic E-state index is 14.1. The van der Waals surface area contributed by atoms with Gasteiger partial charge >= 0.3 is 6.18 Å². The average molecular weight is 455 g/mol. The number of rotatable bonds is 0. The molecule has 5 nitrogen and oxygen atoms in total. The minimum atomic E-state index is -4.59. The molecule has 2 aliphatic heterocycles. The van der Waals surface area contributed by atoms with Crippen LogP contribution in [0.15, 0.2) is 65.5 Å². The van der Waals surface area contributed by atoms with Crippen molar-refractivity contribution in [2.24, 2.45) is 0 Å². The van der Waals surface area contributed by atoms with Gasteiger partial charge in [0.25, 0.3) is 5.91 Å². The topological polar surface area (TPSA) is 56.4 Å². The molecule has 2 bridgehead atoms. The number of aromatic nitrogens is 1. The molecule has 2 aromatic carbocycles. The molecule has 9 heteroatoms. The number of nitrogens with one attached hydrogen (secondary N) is 1. The lowest BCUT2D eigenvalue weighted by Gasteiger charge is -2.39. The molecule has 0 unspecified atom stereocenters. The molecule has 0 spiro atoms. The summed E-state index contributed by atoms with van der Waals surface area (Å²) in [6, 6.07) is 9.87. The first-order valence-corrected chi connectivity index (χ1v) is 10.2. The van der Waals surface area contributed by atoms with Gasteiger partial charge in [0.2, 0.25) is 5.56 Å². The summed E-state index contributed by atoms with van der Waals surface area (Å²) >= 11 is 0. The van der Waals surface area contributed by atoms with Crippen molar-refractivity contribution < 1.29 is 22.4 Å². The molecule has 5 rings (SSSR count). The molecule has 33 heavy (non-hydrogen) atoms. The third-order valence-electron chi connectivity index (χ3n) is 5.80. The van der Waals surface area contributed by atoms with Crippen LogP contribution in [0.3, 0.4) is 0 Å². The molecule has 3 aromatic rings. The van der Waals surface area contributed by atoms with Crippen LogP contribution in [-0.2, 0) is 19.0 Å². The number of alkyl halides is 3. The van der Waals surface area contributed by atoms with Crippen molar-refractivity contribution in [3.8, 4) is 0 Å². The summed E-state index contributed by atoms with van der Waals surface area (Å²) in [6.07, 6.45) is -0.356. The van der Waals surface area contributed by atoms with Crippen LogP contribution in [0.4, 0.5) is 34.6 Å². The molecule has 1 N–H and O–H groups in total. The minimum Gasteiger partial charge on any atom is -0.324 e. The van der Waals surface area contributed by atoms with Crippen LogP contribution in [0.2, 0.25) is 0 Å². The third-order valence-corrected chi connectivity index (χ3v) is 5.80. The number of fused-ring (bicyclic) bond motifs is 8. The van der Waals surface area contributed by atoms with E-state index in [1.165, 1.54) is 35.2 Å². The zero-order chi connectivity index (χ0) is 23.3. The van der Waals surface area contributed by atoms with E-state index in [1.54, 1.807) is 17.1 Å². The Morgan fingerprint density at radius 3 is 2.36 bits per heavy atom. The molecule has 0 atom stereocenters. The highest BCUT2D eigenvalue weighted by Gasteiger charge is 2.37. The number of hydrogen-bond acceptors (Lipinski definition) is 3. The molecule has 0 saturated carbocycles. The number of aromatic amines is 1. The fourth-order valence-electron chi connectivity index (χ4n) is 4.24. The van der Waals surface area contributed by atoms with E-state index in [0.29, 0.717) is 35.5 Å². The predicted octanol–water partition coefficient (Wildman–Crippen LogP) is 4.94. The second-order valence-electron chi connectivity index (χ2n) is 7.87. The normalized spacial score (nSPS) is 16.4. The maximum Gasteiger partial charge on any atom is 0.416 e. The van der Waals surface area contributed by atoms with Crippen LogP contribution in [-0.4, -0.2) is 17.6 Å². The molecule has 1 aromatic heterocycles. The van der Waals surface area contributed by atoms with E-state index in [1.807, 2.05) is 0 Å². The predicted molar refractivity (Wildman–Crippen MR) is 115 cm³/mol. The first-order valence-electron chi connectivity index (χ1n) is 10.2. The zero-order valence-corrected chi connectivity index (χ0v) is 17.1. The fraction of sp³-hybridized carbons (Fsp3) is 0.167. The number of carbonyl (C=O) groups excluding carboxylic acids is 1. The van der Waals surface area contributed by atoms with E-state index in [4.69, 9.17) is 0 Å². The molecule has 3 heterocycles. The number of nitrogens with zero attached hydrogens (tertiary/aromatic N) is 2. The Morgan fingerprint density at radius 1 is 0.818 bits per heavy atom. The smallest absolute Gasteiger partial charge is 0.324 e. The first-order chi connectivity index (χ1) is 15.7. The van der Waals surface area contributed by atoms with Gasteiger partial charge in [0.1, 0.15) is 12.5 Å². The van der Waals surface area contributed by atoms with E-state index >= 15 is 0 Å². The maximum absolute atomic E-state index is 14.1. The quantitative estimate of drug-likeness (QED) is 0.386. The van der Waals surface area contributed by atoms with E-state index < -0.39 is 23.5 Å². The van der Waals surface area contributed by atoms with Crippen molar-refractivity contribution in [1.29, 1.82) is 0 Å². The lowest BCUT2D eigenvalue weighted by molar-refractivity contribution is -0.137. The van der Waals surface area contributed by atoms with Gasteiger partial charge in [0, 0.05) is 23.9 Å². The van der Waals surface area contributed by atoms with Gasteiger partial charge in [-0.05, 0) is 54.4 Å². The van der Waals surface area contributed by atoms with Gasteiger partial charge in [-0.3, -0.25) is 14.5 Å². The first kappa shape index (κ1) is 21.0. The van der Waals surface area contributed by atoms with Crippen LogP contribution in [0.5, 0.6) is 0 Å². The van der Waals surface area contributed by atoms with Crippen LogP contribution < -0.4 is 15.4 Å². The van der Waals surface area contributed by atoms with E-state index in [0.717, 1.165) is 18.2 Å². The second-order valence-corrected chi connectivity index (χ2v) is 7.87. The monoisotopic (exact) mass is 455 g/mol. The fourth-order valence-corrected chi connectivity index (χ4v) is 4.24. The van der Waals surface area contributed by atoms with Crippen molar-refractivity contribution >= 4 is 23.0 Å².